The normalized spacial score (nSPS) is 17.2. The van der Waals surface area contributed by atoms with Gasteiger partial charge in [0.05, 0.1) is 6.61 Å². The van der Waals surface area contributed by atoms with Gasteiger partial charge in [0, 0.05) is 30.0 Å². The van der Waals surface area contributed by atoms with Gasteiger partial charge in [-0.05, 0) is 12.1 Å². The molecule has 1 atom stereocenters. The lowest BCUT2D eigenvalue weighted by molar-refractivity contribution is -0.116. The Balaban J connectivity index is 2.28. The van der Waals surface area contributed by atoms with Crippen LogP contribution in [0.15, 0.2) is 30.9 Å². The molecule has 0 fully saturated rings. The van der Waals surface area contributed by atoms with E-state index in [1.165, 1.54) is 0 Å². The average molecular weight is 247 g/mol. The number of nitrogens with one attached hydrogen (secondary N) is 1. The van der Waals surface area contributed by atoms with Gasteiger partial charge in [0.2, 0.25) is 5.91 Å². The van der Waals surface area contributed by atoms with Gasteiger partial charge in [-0.25, -0.2) is 0 Å². The first-order chi connectivity index (χ1) is 8.67. The summed E-state index contributed by atoms with van der Waals surface area (Å²) in [6, 6.07) is 5.04. The second kappa shape index (κ2) is 5.20. The predicted molar refractivity (Wildman–Crippen MR) is 71.5 cm³/mol. The highest BCUT2D eigenvalue weighted by molar-refractivity contribution is 6.02. The molecule has 96 valence electrons. The zero-order valence-electron chi connectivity index (χ0n) is 10.1. The first-order valence-electron chi connectivity index (χ1n) is 5.84. The van der Waals surface area contributed by atoms with Crippen LogP contribution >= 0.6 is 0 Å². The van der Waals surface area contributed by atoms with Crippen molar-refractivity contribution in [2.24, 2.45) is 5.73 Å². The van der Waals surface area contributed by atoms with Crippen LogP contribution in [0.25, 0.3) is 0 Å². The Morgan fingerprint density at radius 2 is 2.33 bits per heavy atom. The predicted octanol–water partition coefficient (Wildman–Crippen LogP) is 0.623. The second-order valence-electron chi connectivity index (χ2n) is 4.20. The molecule has 0 bridgehead atoms. The number of amides is 1. The molecule has 0 aromatic heterocycles. The van der Waals surface area contributed by atoms with Crippen LogP contribution in [0.2, 0.25) is 0 Å². The van der Waals surface area contributed by atoms with E-state index in [2.05, 4.69) is 11.9 Å². The number of nitrogens with zero attached hydrogens (tertiary/aromatic N) is 1. The molecule has 4 N–H and O–H groups in total. The van der Waals surface area contributed by atoms with E-state index in [9.17, 15) is 4.79 Å². The number of aliphatic hydroxyl groups is 1. The Bertz CT molecular complexity index is 473. The number of nitrogens with two attached hydrogens (primary N) is 1. The molecule has 0 radical (unpaired) electrons. The van der Waals surface area contributed by atoms with Crippen molar-refractivity contribution in [3.05, 3.63) is 36.4 Å². The fourth-order valence-corrected chi connectivity index (χ4v) is 2.07. The van der Waals surface area contributed by atoms with E-state index < -0.39 is 6.04 Å². The minimum Gasteiger partial charge on any atom is -0.395 e. The van der Waals surface area contributed by atoms with E-state index >= 15 is 0 Å². The van der Waals surface area contributed by atoms with Crippen molar-refractivity contribution >= 4 is 17.3 Å². The number of benzene rings is 1. The van der Waals surface area contributed by atoms with Crippen LogP contribution in [-0.4, -0.2) is 30.7 Å². The van der Waals surface area contributed by atoms with E-state index in [1.807, 2.05) is 23.1 Å². The summed E-state index contributed by atoms with van der Waals surface area (Å²) in [7, 11) is 0. The maximum atomic E-state index is 11.5. The highest BCUT2D eigenvalue weighted by Crippen LogP contribution is 2.32. The summed E-state index contributed by atoms with van der Waals surface area (Å²) in [5.41, 5.74) is 8.24. The molecular formula is C13H17N3O2. The summed E-state index contributed by atoms with van der Waals surface area (Å²) in [5, 5.41) is 11.8. The average Bonchev–Trinajstić information content (AvgIpc) is 2.64. The first-order valence-corrected chi connectivity index (χ1v) is 5.84. The molecular weight excluding hydrogens is 230 g/mol. The quantitative estimate of drug-likeness (QED) is 0.667. The fourth-order valence-electron chi connectivity index (χ4n) is 2.07. The molecule has 18 heavy (non-hydrogen) atoms. The number of rotatable bonds is 5. The fraction of sp³-hybridized carbons (Fsp3) is 0.308. The zero-order valence-corrected chi connectivity index (χ0v) is 10.1. The molecule has 1 aromatic rings. The van der Waals surface area contributed by atoms with Crippen molar-refractivity contribution in [1.82, 2.24) is 0 Å². The molecule has 1 unspecified atom stereocenters. The third kappa shape index (κ3) is 2.23. The molecule has 1 aliphatic heterocycles. The molecule has 5 nitrogen and oxygen atoms in total. The van der Waals surface area contributed by atoms with Crippen molar-refractivity contribution in [1.29, 1.82) is 0 Å². The number of carbonyl (C=O) groups excluding carboxylic acids is 1. The Morgan fingerprint density at radius 3 is 3.00 bits per heavy atom. The molecule has 0 saturated carbocycles. The van der Waals surface area contributed by atoms with Crippen LogP contribution in [0, 0.1) is 0 Å². The maximum Gasteiger partial charge on any atom is 0.245 e. The van der Waals surface area contributed by atoms with Gasteiger partial charge in [0.15, 0.2) is 0 Å². The van der Waals surface area contributed by atoms with Gasteiger partial charge in [-0.3, -0.25) is 4.79 Å². The van der Waals surface area contributed by atoms with Crippen LogP contribution in [-0.2, 0) is 4.79 Å². The molecule has 2 rings (SSSR count). The van der Waals surface area contributed by atoms with Crippen molar-refractivity contribution in [2.45, 2.75) is 6.04 Å². The third-order valence-electron chi connectivity index (χ3n) is 3.00. The monoisotopic (exact) mass is 247 g/mol. The molecule has 0 saturated heterocycles. The van der Waals surface area contributed by atoms with E-state index in [0.717, 1.165) is 16.9 Å². The molecule has 1 amide bonds. The molecule has 0 aliphatic carbocycles. The van der Waals surface area contributed by atoms with E-state index in [4.69, 9.17) is 10.8 Å². The highest BCUT2D eigenvalue weighted by Gasteiger charge is 2.27. The van der Waals surface area contributed by atoms with Crippen molar-refractivity contribution in [3.8, 4) is 0 Å². The number of aliphatic hydroxyl groups excluding tert-OH is 1. The lowest BCUT2D eigenvalue weighted by Gasteiger charge is -2.22. The van der Waals surface area contributed by atoms with Gasteiger partial charge in [-0.1, -0.05) is 12.1 Å². The van der Waals surface area contributed by atoms with Crippen LogP contribution in [0.5, 0.6) is 0 Å². The van der Waals surface area contributed by atoms with Crippen molar-refractivity contribution < 1.29 is 9.90 Å². The Labute approximate surface area is 106 Å². The third-order valence-corrected chi connectivity index (χ3v) is 3.00. The van der Waals surface area contributed by atoms with Crippen molar-refractivity contribution in [3.63, 3.8) is 0 Å². The SMILES string of the molecule is C=CCN(CCO)c1ccc2c(c1)NC(=O)C2N. The lowest BCUT2D eigenvalue weighted by atomic mass is 10.1. The minimum absolute atomic E-state index is 0.0663. The summed E-state index contributed by atoms with van der Waals surface area (Å²) >= 11 is 0. The summed E-state index contributed by atoms with van der Waals surface area (Å²) in [6.07, 6.45) is 1.77. The maximum absolute atomic E-state index is 11.5. The summed E-state index contributed by atoms with van der Waals surface area (Å²) in [4.78, 5) is 13.4. The molecule has 0 spiro atoms. The molecule has 1 aromatic carbocycles. The largest absolute Gasteiger partial charge is 0.395 e. The van der Waals surface area contributed by atoms with Gasteiger partial charge in [0.1, 0.15) is 6.04 Å². The van der Waals surface area contributed by atoms with E-state index in [1.54, 1.807) is 6.08 Å². The zero-order chi connectivity index (χ0) is 13.1. The number of hydrogen-bond acceptors (Lipinski definition) is 4. The highest BCUT2D eigenvalue weighted by atomic mass is 16.3. The van der Waals surface area contributed by atoms with Crippen molar-refractivity contribution in [2.75, 3.05) is 29.9 Å². The minimum atomic E-state index is -0.584. The Hall–Kier alpha value is -1.85. The smallest absolute Gasteiger partial charge is 0.245 e. The van der Waals surface area contributed by atoms with Gasteiger partial charge in [0.25, 0.3) is 0 Å². The van der Waals surface area contributed by atoms with Gasteiger partial charge in [-0.2, -0.15) is 0 Å². The van der Waals surface area contributed by atoms with E-state index in [-0.39, 0.29) is 12.5 Å². The second-order valence-corrected chi connectivity index (χ2v) is 4.20. The summed E-state index contributed by atoms with van der Waals surface area (Å²) in [6.45, 7) is 4.91. The number of anilines is 2. The van der Waals surface area contributed by atoms with Gasteiger partial charge >= 0.3 is 0 Å². The summed E-state index contributed by atoms with van der Waals surface area (Å²) < 4.78 is 0. The lowest BCUT2D eigenvalue weighted by Crippen LogP contribution is -2.26. The van der Waals surface area contributed by atoms with Gasteiger partial charge < -0.3 is 21.1 Å². The topological polar surface area (TPSA) is 78.6 Å². The van der Waals surface area contributed by atoms with Crippen LogP contribution < -0.4 is 16.0 Å². The standard InChI is InChI=1S/C13H17N3O2/c1-2-5-16(6-7-17)9-3-4-10-11(8-9)15-13(18)12(10)14/h2-4,8,12,17H,1,5-7,14H2,(H,15,18). The molecule has 5 heteroatoms. The molecule has 1 aliphatic rings. The first kappa shape index (κ1) is 12.6. The Kier molecular flexibility index (Phi) is 3.64. The van der Waals surface area contributed by atoms with Crippen LogP contribution in [0.3, 0.4) is 0 Å². The number of hydrogen-bond donors (Lipinski definition) is 3. The van der Waals surface area contributed by atoms with Gasteiger partial charge in [-0.15, -0.1) is 6.58 Å². The number of carbonyl (C=O) groups is 1. The Morgan fingerprint density at radius 1 is 1.56 bits per heavy atom. The van der Waals surface area contributed by atoms with Crippen LogP contribution in [0.4, 0.5) is 11.4 Å². The van der Waals surface area contributed by atoms with Crippen LogP contribution in [0.1, 0.15) is 11.6 Å². The summed E-state index contributed by atoms with van der Waals surface area (Å²) in [5.74, 6) is -0.181. The molecule has 1 heterocycles. The number of fused-ring (bicyclic) bond motifs is 1. The van der Waals surface area contributed by atoms with E-state index in [0.29, 0.717) is 13.1 Å².